The fourth-order valence-corrected chi connectivity index (χ4v) is 6.58. The summed E-state index contributed by atoms with van der Waals surface area (Å²) in [5, 5.41) is 17.3. The van der Waals surface area contributed by atoms with Gasteiger partial charge in [0, 0.05) is 30.1 Å². The Morgan fingerprint density at radius 3 is 2.79 bits per heavy atom. The molecule has 0 unspecified atom stereocenters. The molecule has 3 N–H and O–H groups in total. The van der Waals surface area contributed by atoms with Gasteiger partial charge in [-0.15, -0.1) is 0 Å². The first-order valence-electron chi connectivity index (χ1n) is 10.1. The highest BCUT2D eigenvalue weighted by Gasteiger charge is 2.42. The van der Waals surface area contributed by atoms with Gasteiger partial charge in [-0.25, -0.2) is 4.21 Å². The van der Waals surface area contributed by atoms with Crippen LogP contribution in [0.4, 0.5) is 5.69 Å². The van der Waals surface area contributed by atoms with Crippen LogP contribution < -0.4 is 5.62 Å². The summed E-state index contributed by atoms with van der Waals surface area (Å²) in [6, 6.07) is 5.77. The van der Waals surface area contributed by atoms with Crippen LogP contribution in [0.1, 0.15) is 32.6 Å². The summed E-state index contributed by atoms with van der Waals surface area (Å²) in [5.41, 5.74) is 3.16. The summed E-state index contributed by atoms with van der Waals surface area (Å²) < 4.78 is 25.2. The van der Waals surface area contributed by atoms with E-state index in [2.05, 4.69) is 16.3 Å². The number of nitrogens with zero attached hydrogens (tertiary/aromatic N) is 2. The highest BCUT2D eigenvalue weighted by molar-refractivity contribution is 7.93. The van der Waals surface area contributed by atoms with Crippen LogP contribution in [0, 0.1) is 16.7 Å². The van der Waals surface area contributed by atoms with Crippen LogP contribution >= 0.6 is 0 Å². The normalized spacial score (nSPS) is 21.5. The van der Waals surface area contributed by atoms with Crippen molar-refractivity contribution in [1.82, 2.24) is 9.55 Å². The molecule has 2 saturated heterocycles. The van der Waals surface area contributed by atoms with Crippen LogP contribution in [0.15, 0.2) is 22.6 Å². The second-order valence-electron chi connectivity index (χ2n) is 8.52. The Bertz CT molecular complexity index is 1010. The number of nitrogens with one attached hydrogen (secondary N) is 2. The van der Waals surface area contributed by atoms with Crippen molar-refractivity contribution in [1.29, 1.82) is 5.41 Å². The number of imidazole rings is 1. The number of aliphatic hydroxyl groups excluding tert-OH is 1. The number of aromatic amines is 1. The fourth-order valence-electron chi connectivity index (χ4n) is 4.20. The maximum atomic E-state index is 13.2. The minimum absolute atomic E-state index is 0.196. The number of H-pyrrole nitrogens is 1. The van der Waals surface area contributed by atoms with Gasteiger partial charge in [-0.05, 0) is 49.8 Å². The first-order valence-corrected chi connectivity index (χ1v) is 12.0. The van der Waals surface area contributed by atoms with Crippen molar-refractivity contribution in [3.05, 3.63) is 23.8 Å². The zero-order valence-corrected chi connectivity index (χ0v) is 17.3. The number of hydrogen-bond acceptors (Lipinski definition) is 5. The lowest BCUT2D eigenvalue weighted by molar-refractivity contribution is -0.117. The number of hydrogen-bond donors (Lipinski definition) is 3. The van der Waals surface area contributed by atoms with Crippen LogP contribution in [0.3, 0.4) is 0 Å². The minimum atomic E-state index is -2.22. The average Bonchev–Trinajstić information content (AvgIpc) is 2.94. The quantitative estimate of drug-likeness (QED) is 0.687. The largest absolute Gasteiger partial charge is 0.396 e. The third kappa shape index (κ3) is 3.90. The van der Waals surface area contributed by atoms with Gasteiger partial charge in [0.1, 0.15) is 0 Å². The molecule has 0 amide bonds. The number of aromatic nitrogens is 2. The van der Waals surface area contributed by atoms with Gasteiger partial charge in [-0.3, -0.25) is 5.41 Å². The van der Waals surface area contributed by atoms with Crippen molar-refractivity contribution in [2.45, 2.75) is 39.2 Å². The number of rotatable bonds is 6. The summed E-state index contributed by atoms with van der Waals surface area (Å²) in [6.45, 7) is 4.65. The second kappa shape index (κ2) is 7.65. The van der Waals surface area contributed by atoms with Gasteiger partial charge < -0.3 is 19.4 Å². The lowest BCUT2D eigenvalue weighted by Gasteiger charge is -2.44. The van der Waals surface area contributed by atoms with Crippen molar-refractivity contribution in [2.75, 3.05) is 31.3 Å². The molecule has 1 aromatic heterocycles. The van der Waals surface area contributed by atoms with Crippen molar-refractivity contribution >= 4 is 26.4 Å². The maximum absolute atomic E-state index is 13.2. The van der Waals surface area contributed by atoms with E-state index < -0.39 is 9.73 Å². The van der Waals surface area contributed by atoms with E-state index in [1.165, 1.54) is 0 Å². The van der Waals surface area contributed by atoms with E-state index in [4.69, 9.17) is 15.3 Å². The Morgan fingerprint density at radius 2 is 2.14 bits per heavy atom. The summed E-state index contributed by atoms with van der Waals surface area (Å²) in [6.07, 6.45) is 3.55. The molecular weight excluding hydrogens is 376 g/mol. The van der Waals surface area contributed by atoms with Crippen LogP contribution in [0.25, 0.3) is 11.0 Å². The predicted molar refractivity (Wildman–Crippen MR) is 110 cm³/mol. The number of fused-ring (bicyclic) bond motifs is 1. The molecule has 0 radical (unpaired) electrons. The maximum Gasteiger partial charge on any atom is 0.200 e. The van der Waals surface area contributed by atoms with Gasteiger partial charge >= 0.3 is 0 Å². The molecule has 2 aromatic rings. The topological polar surface area (TPSA) is 103 Å². The highest BCUT2D eigenvalue weighted by Crippen LogP contribution is 2.40. The molecule has 0 aliphatic carbocycles. The van der Waals surface area contributed by atoms with Crippen molar-refractivity contribution in [2.24, 2.45) is 15.7 Å². The van der Waals surface area contributed by atoms with E-state index >= 15 is 0 Å². The van der Waals surface area contributed by atoms with Crippen molar-refractivity contribution in [3.8, 4) is 0 Å². The first-order chi connectivity index (χ1) is 13.4. The monoisotopic (exact) mass is 406 g/mol. The Labute approximate surface area is 165 Å². The standard InChI is InChI=1S/C20H30N4O3S/c1-15(3-2-8-25)12-24-18-11-16(4-5-17(18)22-19(24)21)23-28(26)9-6-20(7-10-28)13-27-14-20/h4-5,11,15,25H,2-3,6-10,12-14H2,1H3,(H2,21,22)/t15-/m1/s1. The van der Waals surface area contributed by atoms with E-state index in [0.717, 1.165) is 55.6 Å². The van der Waals surface area contributed by atoms with E-state index in [0.29, 0.717) is 29.6 Å². The van der Waals surface area contributed by atoms with Crippen LogP contribution in [0.5, 0.6) is 0 Å². The van der Waals surface area contributed by atoms with Crippen molar-refractivity contribution < 1.29 is 14.1 Å². The highest BCUT2D eigenvalue weighted by atomic mass is 32.2. The third-order valence-electron chi connectivity index (χ3n) is 6.14. The molecule has 7 nitrogen and oxygen atoms in total. The SMILES string of the molecule is C[C@H](CCCO)Cn1c(=N)[nH]c2ccc(N=S3(=O)CCC4(CC3)COC4)cc21. The number of aliphatic hydroxyl groups is 1. The van der Waals surface area contributed by atoms with Crippen molar-refractivity contribution in [3.63, 3.8) is 0 Å². The molecule has 0 bridgehead atoms. The zero-order chi connectivity index (χ0) is 19.8. The average molecular weight is 407 g/mol. The molecule has 1 atom stereocenters. The van der Waals surface area contributed by atoms with Gasteiger partial charge in [-0.2, -0.15) is 4.36 Å². The Balaban J connectivity index is 1.59. The molecule has 154 valence electrons. The Morgan fingerprint density at radius 1 is 1.39 bits per heavy atom. The second-order valence-corrected chi connectivity index (χ2v) is 11.1. The van der Waals surface area contributed by atoms with Gasteiger partial charge in [0.05, 0.1) is 39.7 Å². The van der Waals surface area contributed by atoms with E-state index in [1.54, 1.807) is 0 Å². The van der Waals surface area contributed by atoms with E-state index in [1.807, 2.05) is 22.8 Å². The van der Waals surface area contributed by atoms with Crippen LogP contribution in [0.2, 0.25) is 0 Å². The minimum Gasteiger partial charge on any atom is -0.396 e. The van der Waals surface area contributed by atoms with Gasteiger partial charge in [0.2, 0.25) is 0 Å². The Hall–Kier alpha value is -1.64. The third-order valence-corrected chi connectivity index (χ3v) is 8.36. The summed E-state index contributed by atoms with van der Waals surface area (Å²) in [7, 11) is -2.22. The predicted octanol–water partition coefficient (Wildman–Crippen LogP) is 2.77. The fraction of sp³-hybridized carbons (Fsp3) is 0.650. The molecule has 4 rings (SSSR count). The molecule has 2 fully saturated rings. The molecule has 1 aromatic carbocycles. The molecule has 2 aliphatic heterocycles. The molecule has 1 spiro atoms. The summed E-state index contributed by atoms with van der Waals surface area (Å²) >= 11 is 0. The van der Waals surface area contributed by atoms with Gasteiger partial charge in [0.25, 0.3) is 0 Å². The molecule has 28 heavy (non-hydrogen) atoms. The number of ether oxygens (including phenoxy) is 1. The van der Waals surface area contributed by atoms with Gasteiger partial charge in [0.15, 0.2) is 5.62 Å². The molecule has 0 saturated carbocycles. The lowest BCUT2D eigenvalue weighted by Crippen LogP contribution is -2.47. The van der Waals surface area contributed by atoms with Gasteiger partial charge in [-0.1, -0.05) is 6.92 Å². The Kier molecular flexibility index (Phi) is 5.37. The number of benzene rings is 1. The molecule has 2 aliphatic rings. The van der Waals surface area contributed by atoms with Crippen LogP contribution in [-0.4, -0.2) is 50.2 Å². The lowest BCUT2D eigenvalue weighted by atomic mass is 9.80. The summed E-state index contributed by atoms with van der Waals surface area (Å²) in [4.78, 5) is 3.11. The molecule has 3 heterocycles. The zero-order valence-electron chi connectivity index (χ0n) is 16.4. The van der Waals surface area contributed by atoms with Crippen LogP contribution in [-0.2, 0) is 21.0 Å². The first kappa shape index (κ1) is 19.7. The van der Waals surface area contributed by atoms with E-state index in [9.17, 15) is 4.21 Å². The molecule has 8 heteroatoms. The smallest absolute Gasteiger partial charge is 0.200 e. The molecular formula is C20H30N4O3S. The summed E-state index contributed by atoms with van der Waals surface area (Å²) in [5.74, 6) is 1.64. The van der Waals surface area contributed by atoms with E-state index in [-0.39, 0.29) is 12.0 Å².